The normalized spacial score (nSPS) is 11.3. The van der Waals surface area contributed by atoms with Crippen molar-refractivity contribution in [2.45, 2.75) is 0 Å². The highest BCUT2D eigenvalue weighted by Crippen LogP contribution is 2.46. The molecule has 0 N–H and O–H groups in total. The largest absolute Gasteiger partial charge is 0.435 e. The smallest absolute Gasteiger partial charge is 0.227 e. The van der Waals surface area contributed by atoms with E-state index in [1.165, 1.54) is 27.8 Å². The lowest BCUT2D eigenvalue weighted by atomic mass is 9.88. The summed E-state index contributed by atoms with van der Waals surface area (Å²) in [7, 11) is 0. The van der Waals surface area contributed by atoms with Gasteiger partial charge >= 0.3 is 0 Å². The summed E-state index contributed by atoms with van der Waals surface area (Å²) in [5.74, 6) is 0.624. The molecule has 0 aliphatic carbocycles. The van der Waals surface area contributed by atoms with Crippen LogP contribution >= 0.6 is 0 Å². The molecule has 10 rings (SSSR count). The van der Waals surface area contributed by atoms with Crippen LogP contribution in [0.2, 0.25) is 0 Å². The van der Waals surface area contributed by atoms with Crippen molar-refractivity contribution in [1.82, 2.24) is 4.98 Å². The van der Waals surface area contributed by atoms with Crippen LogP contribution in [0.5, 0.6) is 0 Å². The first-order valence-electron chi connectivity index (χ1n) is 18.3. The van der Waals surface area contributed by atoms with Gasteiger partial charge in [-0.05, 0) is 92.5 Å². The Balaban J connectivity index is 1.19. The lowest BCUT2D eigenvalue weighted by Gasteiger charge is -2.29. The van der Waals surface area contributed by atoms with Crippen LogP contribution in [-0.2, 0) is 0 Å². The predicted octanol–water partition coefficient (Wildman–Crippen LogP) is 14.3. The molecule has 1 aromatic heterocycles. The zero-order valence-corrected chi connectivity index (χ0v) is 29.4. The monoisotopic (exact) mass is 690 g/mol. The Morgan fingerprint density at radius 1 is 0.389 bits per heavy atom. The van der Waals surface area contributed by atoms with Crippen molar-refractivity contribution >= 4 is 49.7 Å². The van der Waals surface area contributed by atoms with Crippen LogP contribution in [0.1, 0.15) is 0 Å². The second-order valence-electron chi connectivity index (χ2n) is 13.5. The SMILES string of the molecule is c1ccc(-c2nc3ccc4ccc5ccc(N(c6ccccc6)c6ccccc6-c6ccccc6-c6ccccc6-c6ccccc6)cc5c4c3o2)cc1. The van der Waals surface area contributed by atoms with Gasteiger partial charge in [0.25, 0.3) is 0 Å². The Hall–Kier alpha value is -7.23. The molecule has 10 aromatic rings. The fraction of sp³-hybridized carbons (Fsp3) is 0. The summed E-state index contributed by atoms with van der Waals surface area (Å²) in [5.41, 5.74) is 12.9. The molecule has 1 heterocycles. The van der Waals surface area contributed by atoms with Gasteiger partial charge < -0.3 is 9.32 Å². The maximum Gasteiger partial charge on any atom is 0.227 e. The first-order chi connectivity index (χ1) is 26.8. The van der Waals surface area contributed by atoms with Crippen molar-refractivity contribution in [1.29, 1.82) is 0 Å². The highest BCUT2D eigenvalue weighted by atomic mass is 16.3. The minimum Gasteiger partial charge on any atom is -0.435 e. The van der Waals surface area contributed by atoms with E-state index in [0.29, 0.717) is 5.89 Å². The van der Waals surface area contributed by atoms with E-state index < -0.39 is 0 Å². The minimum atomic E-state index is 0.624. The number of aromatic nitrogens is 1. The molecule has 0 aliphatic rings. The third-order valence-corrected chi connectivity index (χ3v) is 10.3. The van der Waals surface area contributed by atoms with E-state index in [-0.39, 0.29) is 0 Å². The second kappa shape index (κ2) is 13.4. The van der Waals surface area contributed by atoms with Crippen molar-refractivity contribution in [3.8, 4) is 44.8 Å². The summed E-state index contributed by atoms with van der Waals surface area (Å²) < 4.78 is 6.59. The van der Waals surface area contributed by atoms with Gasteiger partial charge in [0.15, 0.2) is 5.58 Å². The molecule has 9 aromatic carbocycles. The summed E-state index contributed by atoms with van der Waals surface area (Å²) in [6.07, 6.45) is 0. The van der Waals surface area contributed by atoms with Crippen LogP contribution in [0.3, 0.4) is 0 Å². The van der Waals surface area contributed by atoms with E-state index in [1.54, 1.807) is 0 Å². The van der Waals surface area contributed by atoms with Crippen LogP contribution < -0.4 is 4.90 Å². The van der Waals surface area contributed by atoms with Gasteiger partial charge in [0.1, 0.15) is 5.52 Å². The highest BCUT2D eigenvalue weighted by molar-refractivity contribution is 6.18. The average Bonchev–Trinajstić information content (AvgIpc) is 3.70. The number of rotatable bonds is 7. The number of anilines is 3. The maximum absolute atomic E-state index is 6.59. The summed E-state index contributed by atoms with van der Waals surface area (Å²) >= 11 is 0. The van der Waals surface area contributed by atoms with E-state index in [2.05, 4.69) is 181 Å². The Bertz CT molecular complexity index is 2930. The predicted molar refractivity (Wildman–Crippen MR) is 225 cm³/mol. The van der Waals surface area contributed by atoms with Gasteiger partial charge in [-0.25, -0.2) is 4.98 Å². The van der Waals surface area contributed by atoms with Crippen molar-refractivity contribution in [2.24, 2.45) is 0 Å². The van der Waals surface area contributed by atoms with Crippen LogP contribution in [-0.4, -0.2) is 4.98 Å². The summed E-state index contributed by atoms with van der Waals surface area (Å²) in [5, 5.41) is 4.42. The zero-order chi connectivity index (χ0) is 35.8. The number of hydrogen-bond acceptors (Lipinski definition) is 3. The van der Waals surface area contributed by atoms with Crippen LogP contribution in [0.25, 0.3) is 77.5 Å². The van der Waals surface area contributed by atoms with Crippen LogP contribution in [0, 0.1) is 0 Å². The molecule has 0 saturated carbocycles. The van der Waals surface area contributed by atoms with Gasteiger partial charge in [0, 0.05) is 27.9 Å². The number of para-hydroxylation sites is 2. The number of oxazole rings is 1. The molecule has 3 heteroatoms. The molecule has 0 amide bonds. The number of fused-ring (bicyclic) bond motifs is 5. The molecule has 0 atom stereocenters. The van der Waals surface area contributed by atoms with Gasteiger partial charge in [-0.1, -0.05) is 158 Å². The van der Waals surface area contributed by atoms with Gasteiger partial charge in [0.05, 0.1) is 5.69 Å². The molecule has 3 nitrogen and oxygen atoms in total. The quantitative estimate of drug-likeness (QED) is 0.156. The van der Waals surface area contributed by atoms with E-state index in [0.717, 1.165) is 60.8 Å². The van der Waals surface area contributed by atoms with Gasteiger partial charge in [-0.15, -0.1) is 0 Å². The molecule has 0 spiro atoms. The van der Waals surface area contributed by atoms with E-state index in [1.807, 2.05) is 30.3 Å². The average molecular weight is 691 g/mol. The zero-order valence-electron chi connectivity index (χ0n) is 29.4. The number of hydrogen-bond donors (Lipinski definition) is 0. The highest BCUT2D eigenvalue weighted by Gasteiger charge is 2.21. The molecular weight excluding hydrogens is 657 g/mol. The minimum absolute atomic E-state index is 0.624. The first kappa shape index (κ1) is 31.5. The van der Waals surface area contributed by atoms with Gasteiger partial charge in [-0.3, -0.25) is 0 Å². The van der Waals surface area contributed by atoms with Gasteiger partial charge in [-0.2, -0.15) is 0 Å². The van der Waals surface area contributed by atoms with Crippen molar-refractivity contribution in [2.75, 3.05) is 4.90 Å². The summed E-state index contributed by atoms with van der Waals surface area (Å²) in [4.78, 5) is 7.30. The molecule has 0 radical (unpaired) electrons. The standard InChI is InChI=1S/C51H34N2O/c1-4-16-35(17-5-1)41-22-10-11-23-42(41)43-24-12-13-25-44(43)45-26-14-15-27-48(45)53(39-20-8-3-9-21-39)40-32-30-36-28-29-37-31-33-47-50(49(37)46(36)34-40)54-51(52-47)38-18-6-2-7-19-38/h1-34H. The van der Waals surface area contributed by atoms with E-state index in [4.69, 9.17) is 9.40 Å². The first-order valence-corrected chi connectivity index (χ1v) is 18.3. The molecule has 0 bridgehead atoms. The Morgan fingerprint density at radius 3 is 1.63 bits per heavy atom. The molecule has 0 aliphatic heterocycles. The van der Waals surface area contributed by atoms with Crippen molar-refractivity contribution < 1.29 is 4.42 Å². The number of benzene rings is 9. The molecule has 0 unspecified atom stereocenters. The lowest BCUT2D eigenvalue weighted by molar-refractivity contribution is 0.623. The Morgan fingerprint density at radius 2 is 0.907 bits per heavy atom. The fourth-order valence-electron chi connectivity index (χ4n) is 7.79. The summed E-state index contributed by atoms with van der Waals surface area (Å²) in [6, 6.07) is 73.0. The molecule has 254 valence electrons. The summed E-state index contributed by atoms with van der Waals surface area (Å²) in [6.45, 7) is 0. The van der Waals surface area contributed by atoms with Crippen LogP contribution in [0.15, 0.2) is 211 Å². The third kappa shape index (κ3) is 5.51. The maximum atomic E-state index is 6.59. The topological polar surface area (TPSA) is 29.3 Å². The van der Waals surface area contributed by atoms with E-state index in [9.17, 15) is 0 Å². The molecule has 0 saturated heterocycles. The molecule has 0 fully saturated rings. The number of nitrogens with zero attached hydrogens (tertiary/aromatic N) is 2. The third-order valence-electron chi connectivity index (χ3n) is 10.3. The second-order valence-corrected chi connectivity index (χ2v) is 13.5. The Kier molecular flexibility index (Phi) is 7.81. The molecule has 54 heavy (non-hydrogen) atoms. The molecular formula is C51H34N2O. The van der Waals surface area contributed by atoms with Crippen molar-refractivity contribution in [3.63, 3.8) is 0 Å². The fourth-order valence-corrected chi connectivity index (χ4v) is 7.79. The van der Waals surface area contributed by atoms with Crippen LogP contribution in [0.4, 0.5) is 17.1 Å². The lowest BCUT2D eigenvalue weighted by Crippen LogP contribution is -2.11. The van der Waals surface area contributed by atoms with Gasteiger partial charge in [0.2, 0.25) is 5.89 Å². The van der Waals surface area contributed by atoms with Crippen molar-refractivity contribution in [3.05, 3.63) is 206 Å². The Labute approximate surface area is 314 Å². The van der Waals surface area contributed by atoms with E-state index >= 15 is 0 Å².